The molecule has 6 heteroatoms. The maximum Gasteiger partial charge on any atom is 0.226 e. The molecular weight excluding hydrogens is 196 g/mol. The molecule has 0 unspecified atom stereocenters. The van der Waals surface area contributed by atoms with E-state index in [4.69, 9.17) is 20.5 Å². The number of rotatable bonds is 4. The van der Waals surface area contributed by atoms with Crippen molar-refractivity contribution in [2.45, 2.75) is 12.8 Å². The normalized spacial score (nSPS) is 9.40. The zero-order chi connectivity index (χ0) is 11.3. The highest BCUT2D eigenvalue weighted by molar-refractivity contribution is 5.40. The Hall–Kier alpha value is -2.03. The minimum atomic E-state index is 0.0874. The summed E-state index contributed by atoms with van der Waals surface area (Å²) in [6, 6.07) is 2.04. The topological polar surface area (TPSA) is 94.1 Å². The van der Waals surface area contributed by atoms with Crippen molar-refractivity contribution in [1.82, 2.24) is 9.97 Å². The van der Waals surface area contributed by atoms with E-state index in [2.05, 4.69) is 9.97 Å². The summed E-state index contributed by atoms with van der Waals surface area (Å²) in [6.07, 6.45) is 0.823. The van der Waals surface area contributed by atoms with Crippen LogP contribution in [0.15, 0.2) is 0 Å². The Kier molecular flexibility index (Phi) is 3.68. The number of anilines is 1. The van der Waals surface area contributed by atoms with Gasteiger partial charge in [0.25, 0.3) is 0 Å². The molecule has 1 heterocycles. The lowest BCUT2D eigenvalue weighted by molar-refractivity contribution is 0.364. The molecule has 1 rings (SSSR count). The second-order valence-electron chi connectivity index (χ2n) is 2.74. The molecule has 0 saturated heterocycles. The lowest BCUT2D eigenvalue weighted by Crippen LogP contribution is -2.05. The van der Waals surface area contributed by atoms with E-state index >= 15 is 0 Å². The van der Waals surface area contributed by atoms with Crippen molar-refractivity contribution in [2.24, 2.45) is 0 Å². The van der Waals surface area contributed by atoms with Crippen LogP contribution in [-0.2, 0) is 6.42 Å². The Morgan fingerprint density at radius 2 is 1.80 bits per heavy atom. The summed E-state index contributed by atoms with van der Waals surface area (Å²) in [6.45, 7) is 0. The number of methoxy groups -OCH3 is 2. The Balaban J connectivity index is 3.13. The molecule has 0 atom stereocenters. The lowest BCUT2D eigenvalue weighted by atomic mass is 10.2. The first-order chi connectivity index (χ1) is 7.22. The molecule has 0 aromatic carbocycles. The number of hydrogen-bond donors (Lipinski definition) is 1. The highest BCUT2D eigenvalue weighted by Gasteiger charge is 2.14. The van der Waals surface area contributed by atoms with Crippen molar-refractivity contribution in [3.63, 3.8) is 0 Å². The Morgan fingerprint density at radius 3 is 2.20 bits per heavy atom. The van der Waals surface area contributed by atoms with Gasteiger partial charge in [-0.05, 0) is 6.42 Å². The molecule has 80 valence electrons. The van der Waals surface area contributed by atoms with Crippen LogP contribution in [-0.4, -0.2) is 24.2 Å². The monoisotopic (exact) mass is 208 g/mol. The van der Waals surface area contributed by atoms with Gasteiger partial charge in [-0.2, -0.15) is 15.2 Å². The summed E-state index contributed by atoms with van der Waals surface area (Å²) >= 11 is 0. The smallest absolute Gasteiger partial charge is 0.226 e. The lowest BCUT2D eigenvalue weighted by Gasteiger charge is -2.10. The van der Waals surface area contributed by atoms with Gasteiger partial charge in [-0.1, -0.05) is 0 Å². The van der Waals surface area contributed by atoms with Crippen LogP contribution < -0.4 is 15.2 Å². The molecule has 0 aliphatic heterocycles. The Morgan fingerprint density at radius 1 is 1.27 bits per heavy atom. The molecule has 0 fully saturated rings. The standard InChI is InChI=1S/C9H12N4O2/c1-14-7-6(4-3-5-10)8(15-2)13-9(11)12-7/h3-4H2,1-2H3,(H2,11,12,13). The first kappa shape index (κ1) is 11.0. The van der Waals surface area contributed by atoms with Gasteiger partial charge in [-0.3, -0.25) is 0 Å². The molecule has 1 aromatic heterocycles. The molecule has 2 N–H and O–H groups in total. The predicted molar refractivity (Wildman–Crippen MR) is 53.5 cm³/mol. The van der Waals surface area contributed by atoms with Crippen molar-refractivity contribution >= 4 is 5.95 Å². The quantitative estimate of drug-likeness (QED) is 0.775. The average Bonchev–Trinajstić information content (AvgIpc) is 2.26. The Labute approximate surface area is 87.7 Å². The molecule has 1 aromatic rings. The van der Waals surface area contributed by atoms with E-state index in [0.29, 0.717) is 30.2 Å². The number of nitrogens with zero attached hydrogens (tertiary/aromatic N) is 3. The zero-order valence-corrected chi connectivity index (χ0v) is 8.65. The van der Waals surface area contributed by atoms with E-state index in [1.54, 1.807) is 0 Å². The summed E-state index contributed by atoms with van der Waals surface area (Å²) in [5.41, 5.74) is 6.12. The van der Waals surface area contributed by atoms with E-state index < -0.39 is 0 Å². The molecular formula is C9H12N4O2. The minimum absolute atomic E-state index is 0.0874. The summed E-state index contributed by atoms with van der Waals surface area (Å²) < 4.78 is 10.1. The van der Waals surface area contributed by atoms with E-state index in [-0.39, 0.29) is 5.95 Å². The van der Waals surface area contributed by atoms with E-state index in [1.165, 1.54) is 14.2 Å². The van der Waals surface area contributed by atoms with Gasteiger partial charge >= 0.3 is 0 Å². The van der Waals surface area contributed by atoms with Crippen LogP contribution in [0.5, 0.6) is 11.8 Å². The van der Waals surface area contributed by atoms with E-state index in [9.17, 15) is 0 Å². The first-order valence-electron chi connectivity index (χ1n) is 4.34. The maximum atomic E-state index is 8.51. The fraction of sp³-hybridized carbons (Fsp3) is 0.444. The summed E-state index contributed by atoms with van der Waals surface area (Å²) in [5, 5.41) is 8.51. The second kappa shape index (κ2) is 5.00. The fourth-order valence-corrected chi connectivity index (χ4v) is 1.19. The van der Waals surface area contributed by atoms with Crippen molar-refractivity contribution in [1.29, 1.82) is 5.26 Å². The summed E-state index contributed by atoms with van der Waals surface area (Å²) in [7, 11) is 2.97. The number of nitrogen functional groups attached to an aromatic ring is 1. The molecule has 0 amide bonds. The number of hydrogen-bond acceptors (Lipinski definition) is 6. The minimum Gasteiger partial charge on any atom is -0.481 e. The van der Waals surface area contributed by atoms with Crippen LogP contribution in [0.4, 0.5) is 5.95 Å². The molecule has 0 saturated carbocycles. The summed E-state index contributed by atoms with van der Waals surface area (Å²) in [5.74, 6) is 0.800. The van der Waals surface area contributed by atoms with Crippen LogP contribution >= 0.6 is 0 Å². The van der Waals surface area contributed by atoms with Crippen molar-refractivity contribution in [3.05, 3.63) is 5.56 Å². The van der Waals surface area contributed by atoms with Crippen molar-refractivity contribution < 1.29 is 9.47 Å². The van der Waals surface area contributed by atoms with Crippen LogP contribution in [0.1, 0.15) is 12.0 Å². The molecule has 0 spiro atoms. The predicted octanol–water partition coefficient (Wildman–Crippen LogP) is 0.532. The van der Waals surface area contributed by atoms with E-state index in [0.717, 1.165) is 0 Å². The Bertz CT molecular complexity index is 361. The molecule has 6 nitrogen and oxygen atoms in total. The van der Waals surface area contributed by atoms with Crippen LogP contribution in [0.3, 0.4) is 0 Å². The first-order valence-corrected chi connectivity index (χ1v) is 4.34. The zero-order valence-electron chi connectivity index (χ0n) is 8.65. The van der Waals surface area contributed by atoms with Crippen LogP contribution in [0, 0.1) is 11.3 Å². The summed E-state index contributed by atoms with van der Waals surface area (Å²) in [4.78, 5) is 7.82. The molecule has 15 heavy (non-hydrogen) atoms. The molecule has 0 aliphatic rings. The van der Waals surface area contributed by atoms with E-state index in [1.807, 2.05) is 6.07 Å². The van der Waals surface area contributed by atoms with Gasteiger partial charge in [-0.15, -0.1) is 0 Å². The van der Waals surface area contributed by atoms with Gasteiger partial charge in [0.2, 0.25) is 17.7 Å². The molecule has 0 radical (unpaired) electrons. The molecule has 0 aliphatic carbocycles. The molecule has 0 bridgehead atoms. The van der Waals surface area contributed by atoms with Gasteiger partial charge < -0.3 is 15.2 Å². The average molecular weight is 208 g/mol. The van der Waals surface area contributed by atoms with Crippen LogP contribution in [0.25, 0.3) is 0 Å². The van der Waals surface area contributed by atoms with Crippen molar-refractivity contribution in [3.8, 4) is 17.8 Å². The number of ether oxygens (including phenoxy) is 2. The van der Waals surface area contributed by atoms with Gasteiger partial charge in [0, 0.05) is 6.42 Å². The number of nitrogens with two attached hydrogens (primary N) is 1. The number of aromatic nitrogens is 2. The SMILES string of the molecule is COc1nc(N)nc(OC)c1CCC#N. The third-order valence-corrected chi connectivity index (χ3v) is 1.82. The van der Waals surface area contributed by atoms with Gasteiger partial charge in [0.15, 0.2) is 0 Å². The largest absolute Gasteiger partial charge is 0.481 e. The van der Waals surface area contributed by atoms with Gasteiger partial charge in [0.1, 0.15) is 0 Å². The number of nitriles is 1. The van der Waals surface area contributed by atoms with Crippen molar-refractivity contribution in [2.75, 3.05) is 20.0 Å². The fourth-order valence-electron chi connectivity index (χ4n) is 1.19. The second-order valence-corrected chi connectivity index (χ2v) is 2.74. The highest BCUT2D eigenvalue weighted by atomic mass is 16.5. The maximum absolute atomic E-state index is 8.51. The third-order valence-electron chi connectivity index (χ3n) is 1.82. The highest BCUT2D eigenvalue weighted by Crippen LogP contribution is 2.26. The van der Waals surface area contributed by atoms with Crippen LogP contribution in [0.2, 0.25) is 0 Å². The van der Waals surface area contributed by atoms with Gasteiger partial charge in [-0.25, -0.2) is 0 Å². The third kappa shape index (κ3) is 2.47. The van der Waals surface area contributed by atoms with Gasteiger partial charge in [0.05, 0.1) is 25.9 Å².